The smallest absolute Gasteiger partial charge is 0.348 e. The summed E-state index contributed by atoms with van der Waals surface area (Å²) >= 11 is 0. The highest BCUT2D eigenvalue weighted by atomic mass is 16.6. The average Bonchev–Trinajstić information content (AvgIpc) is 2.74. The number of likely N-dealkylation sites (N-methyl/N-ethyl adjacent to an activating group) is 1. The highest BCUT2D eigenvalue weighted by Gasteiger charge is 2.44. The molecule has 0 aliphatic carbocycles. The molecule has 1 fully saturated rings. The zero-order valence-corrected chi connectivity index (χ0v) is 16.3. The summed E-state index contributed by atoms with van der Waals surface area (Å²) in [5.41, 5.74) is -0.735. The molecule has 2 aromatic carbocycles. The SMILES string of the molecule is CC[N+]1(CC)CCCC(OC(=O)C(O)(c2ccccc2)c2ccccc2)C1. The molecule has 4 heteroatoms. The van der Waals surface area contributed by atoms with Gasteiger partial charge in [0.2, 0.25) is 5.60 Å². The van der Waals surface area contributed by atoms with E-state index in [-0.39, 0.29) is 6.10 Å². The Morgan fingerprint density at radius 1 is 1.04 bits per heavy atom. The lowest BCUT2D eigenvalue weighted by Crippen LogP contribution is -2.57. The predicted molar refractivity (Wildman–Crippen MR) is 106 cm³/mol. The van der Waals surface area contributed by atoms with Gasteiger partial charge in [-0.2, -0.15) is 0 Å². The minimum absolute atomic E-state index is 0.162. The van der Waals surface area contributed by atoms with Gasteiger partial charge in [0, 0.05) is 6.42 Å². The van der Waals surface area contributed by atoms with Gasteiger partial charge in [0.1, 0.15) is 6.54 Å². The van der Waals surface area contributed by atoms with Crippen LogP contribution in [0.15, 0.2) is 60.7 Å². The number of aliphatic hydroxyl groups is 1. The van der Waals surface area contributed by atoms with Gasteiger partial charge in [-0.3, -0.25) is 0 Å². The molecule has 1 aliphatic rings. The maximum Gasteiger partial charge on any atom is 0.348 e. The van der Waals surface area contributed by atoms with Gasteiger partial charge in [-0.05, 0) is 31.4 Å². The third-order valence-corrected chi connectivity index (χ3v) is 6.04. The van der Waals surface area contributed by atoms with Gasteiger partial charge in [0.15, 0.2) is 6.10 Å². The zero-order valence-electron chi connectivity index (χ0n) is 16.3. The number of esters is 1. The number of hydrogen-bond acceptors (Lipinski definition) is 3. The lowest BCUT2D eigenvalue weighted by Gasteiger charge is -2.43. The standard InChI is InChI=1S/C23H30NO3/c1-3-24(4-2)17-11-16-21(18-24)27-22(25)23(26,19-12-7-5-8-13-19)20-14-9-6-10-15-20/h5-10,12-15,21,26H,3-4,11,16-18H2,1-2H3/q+1. The summed E-state index contributed by atoms with van der Waals surface area (Å²) in [6, 6.07) is 18.1. The summed E-state index contributed by atoms with van der Waals surface area (Å²) in [5.74, 6) is -0.586. The fraction of sp³-hybridized carbons (Fsp3) is 0.435. The minimum atomic E-state index is -1.80. The van der Waals surface area contributed by atoms with Crippen molar-refractivity contribution in [1.82, 2.24) is 0 Å². The molecular weight excluding hydrogens is 338 g/mol. The Kier molecular flexibility index (Phi) is 5.98. The number of rotatable bonds is 6. The third-order valence-electron chi connectivity index (χ3n) is 6.04. The molecule has 1 N–H and O–H groups in total. The molecule has 1 aliphatic heterocycles. The minimum Gasteiger partial charge on any atom is -0.454 e. The molecule has 3 rings (SSSR count). The van der Waals surface area contributed by atoms with E-state index in [0.29, 0.717) is 11.1 Å². The molecule has 1 unspecified atom stereocenters. The Morgan fingerprint density at radius 3 is 2.04 bits per heavy atom. The second kappa shape index (κ2) is 8.24. The molecule has 0 spiro atoms. The van der Waals surface area contributed by atoms with Crippen molar-refractivity contribution in [1.29, 1.82) is 0 Å². The Labute approximate surface area is 162 Å². The molecule has 0 bridgehead atoms. The molecule has 0 saturated carbocycles. The normalized spacial score (nSPS) is 19.4. The number of quaternary nitrogens is 1. The van der Waals surface area contributed by atoms with Crippen molar-refractivity contribution < 1.29 is 19.1 Å². The number of benzene rings is 2. The van der Waals surface area contributed by atoms with Crippen LogP contribution in [0.3, 0.4) is 0 Å². The molecule has 27 heavy (non-hydrogen) atoms. The average molecular weight is 368 g/mol. The molecule has 2 aromatic rings. The van der Waals surface area contributed by atoms with E-state index in [1.807, 2.05) is 36.4 Å². The van der Waals surface area contributed by atoms with Crippen LogP contribution in [0.5, 0.6) is 0 Å². The largest absolute Gasteiger partial charge is 0.454 e. The van der Waals surface area contributed by atoms with E-state index < -0.39 is 11.6 Å². The van der Waals surface area contributed by atoms with Crippen LogP contribution >= 0.6 is 0 Å². The van der Waals surface area contributed by atoms with E-state index in [9.17, 15) is 9.90 Å². The highest BCUT2D eigenvalue weighted by molar-refractivity contribution is 5.85. The molecule has 1 heterocycles. The van der Waals surface area contributed by atoms with Crippen molar-refractivity contribution in [2.45, 2.75) is 38.4 Å². The van der Waals surface area contributed by atoms with Crippen molar-refractivity contribution >= 4 is 5.97 Å². The summed E-state index contributed by atoms with van der Waals surface area (Å²) in [7, 11) is 0. The number of ether oxygens (including phenoxy) is 1. The lowest BCUT2D eigenvalue weighted by molar-refractivity contribution is -0.932. The van der Waals surface area contributed by atoms with E-state index in [2.05, 4.69) is 13.8 Å². The molecule has 1 saturated heterocycles. The maximum absolute atomic E-state index is 13.2. The van der Waals surface area contributed by atoms with Crippen LogP contribution in [0, 0.1) is 0 Å². The fourth-order valence-corrected chi connectivity index (χ4v) is 4.16. The van der Waals surface area contributed by atoms with Gasteiger partial charge in [0.05, 0.1) is 19.6 Å². The van der Waals surface area contributed by atoms with Gasteiger partial charge in [-0.1, -0.05) is 60.7 Å². The summed E-state index contributed by atoms with van der Waals surface area (Å²) in [4.78, 5) is 13.2. The van der Waals surface area contributed by atoms with E-state index in [1.54, 1.807) is 24.3 Å². The van der Waals surface area contributed by atoms with E-state index >= 15 is 0 Å². The molecule has 0 radical (unpaired) electrons. The number of nitrogens with zero attached hydrogens (tertiary/aromatic N) is 1. The first-order valence-corrected chi connectivity index (χ1v) is 9.93. The van der Waals surface area contributed by atoms with Crippen molar-refractivity contribution in [3.8, 4) is 0 Å². The summed E-state index contributed by atoms with van der Waals surface area (Å²) in [6.45, 7) is 8.40. The number of likely N-dealkylation sites (tertiary alicyclic amines) is 1. The summed E-state index contributed by atoms with van der Waals surface area (Å²) in [5, 5.41) is 11.5. The molecule has 4 nitrogen and oxygen atoms in total. The predicted octanol–water partition coefficient (Wildman–Crippen LogP) is 3.48. The van der Waals surface area contributed by atoms with Crippen LogP contribution in [-0.2, 0) is 15.1 Å². The Hall–Kier alpha value is -2.17. The quantitative estimate of drug-likeness (QED) is 0.627. The van der Waals surface area contributed by atoms with E-state index in [4.69, 9.17) is 4.74 Å². The first-order valence-electron chi connectivity index (χ1n) is 9.93. The maximum atomic E-state index is 13.2. The van der Waals surface area contributed by atoms with Crippen molar-refractivity contribution in [2.24, 2.45) is 0 Å². The van der Waals surface area contributed by atoms with Crippen LogP contribution < -0.4 is 0 Å². The fourth-order valence-electron chi connectivity index (χ4n) is 4.16. The first-order chi connectivity index (χ1) is 13.0. The number of carbonyl (C=O) groups is 1. The van der Waals surface area contributed by atoms with Gasteiger partial charge in [0.25, 0.3) is 0 Å². The number of piperidine rings is 1. The molecular formula is C23H30NO3+. The number of carbonyl (C=O) groups excluding carboxylic acids is 1. The second-order valence-electron chi connectivity index (χ2n) is 7.49. The molecule has 0 aromatic heterocycles. The van der Waals surface area contributed by atoms with Gasteiger partial charge in [-0.15, -0.1) is 0 Å². The van der Waals surface area contributed by atoms with Crippen molar-refractivity contribution in [2.75, 3.05) is 26.2 Å². The monoisotopic (exact) mass is 368 g/mol. The van der Waals surface area contributed by atoms with Crippen LogP contribution in [0.1, 0.15) is 37.8 Å². The summed E-state index contributed by atoms with van der Waals surface area (Å²) < 4.78 is 6.89. The van der Waals surface area contributed by atoms with Crippen LogP contribution in [0.4, 0.5) is 0 Å². The highest BCUT2D eigenvalue weighted by Crippen LogP contribution is 2.32. The van der Waals surface area contributed by atoms with Crippen LogP contribution in [0.25, 0.3) is 0 Å². The molecule has 0 amide bonds. The van der Waals surface area contributed by atoms with Gasteiger partial charge >= 0.3 is 5.97 Å². The summed E-state index contributed by atoms with van der Waals surface area (Å²) in [6.07, 6.45) is 1.73. The van der Waals surface area contributed by atoms with Gasteiger partial charge < -0.3 is 14.3 Å². The molecule has 144 valence electrons. The van der Waals surface area contributed by atoms with Crippen molar-refractivity contribution in [3.63, 3.8) is 0 Å². The Bertz CT molecular complexity index is 701. The zero-order chi connectivity index (χ0) is 19.3. The van der Waals surface area contributed by atoms with E-state index in [0.717, 1.165) is 43.5 Å². The van der Waals surface area contributed by atoms with Crippen LogP contribution in [0.2, 0.25) is 0 Å². The topological polar surface area (TPSA) is 46.5 Å². The van der Waals surface area contributed by atoms with Crippen LogP contribution in [-0.4, -0.2) is 47.8 Å². The lowest BCUT2D eigenvalue weighted by atomic mass is 9.86. The molecule has 1 atom stereocenters. The third kappa shape index (κ3) is 3.92. The van der Waals surface area contributed by atoms with Gasteiger partial charge in [-0.25, -0.2) is 4.79 Å². The first kappa shape index (κ1) is 19.6. The van der Waals surface area contributed by atoms with E-state index in [1.165, 1.54) is 0 Å². The van der Waals surface area contributed by atoms with Crippen molar-refractivity contribution in [3.05, 3.63) is 71.8 Å². The Morgan fingerprint density at radius 2 is 1.56 bits per heavy atom. The second-order valence-corrected chi connectivity index (χ2v) is 7.49. The Balaban J connectivity index is 1.89. The number of hydrogen-bond donors (Lipinski definition) is 1.